The Morgan fingerprint density at radius 3 is 2.00 bits per heavy atom. The summed E-state index contributed by atoms with van der Waals surface area (Å²) in [6, 6.07) is 63.1. The van der Waals surface area contributed by atoms with E-state index in [1.807, 2.05) is 6.07 Å². The first-order valence-corrected chi connectivity index (χ1v) is 25.2. The van der Waals surface area contributed by atoms with E-state index in [1.54, 1.807) is 0 Å². The molecule has 4 aliphatic rings. The molecule has 0 fully saturated rings. The summed E-state index contributed by atoms with van der Waals surface area (Å²) in [4.78, 5) is 13.4. The minimum Gasteiger partial charge on any atom is -0.456 e. The largest absolute Gasteiger partial charge is 0.456 e. The third kappa shape index (κ3) is 6.98. The highest BCUT2D eigenvalue weighted by molar-refractivity contribution is 6.18. The highest BCUT2D eigenvalue weighted by atomic mass is 16.3. The van der Waals surface area contributed by atoms with E-state index in [4.69, 9.17) is 18.8 Å². The SMILES string of the molecule is CC1=C(c2ccccc2)N=C(c2ccc3c(c2)oc2cc(-c4cc(N5c6ccc(-c7ccccc7)cc6C6C=CC=CC65)cc5c4oc4ccccc45)ccc23)N=C(c2ccc(C3=CCCC=C3)cc2)[C@@H]1C. The molecule has 3 atom stereocenters. The number of fused-ring (bicyclic) bond motifs is 9. The number of anilines is 2. The van der Waals surface area contributed by atoms with Crippen LogP contribution < -0.4 is 4.90 Å². The van der Waals surface area contributed by atoms with Gasteiger partial charge in [0.25, 0.3) is 0 Å². The van der Waals surface area contributed by atoms with Crippen molar-refractivity contribution >= 4 is 78.1 Å². The first-order valence-electron chi connectivity index (χ1n) is 25.2. The minimum absolute atomic E-state index is 0.0243. The molecule has 2 aliphatic heterocycles. The van der Waals surface area contributed by atoms with Crippen molar-refractivity contribution in [2.24, 2.45) is 15.9 Å². The molecule has 10 aromatic rings. The van der Waals surface area contributed by atoms with Gasteiger partial charge in [-0.2, -0.15) is 0 Å². The molecule has 4 heterocycles. The third-order valence-electron chi connectivity index (χ3n) is 15.4. The predicted molar refractivity (Wildman–Crippen MR) is 299 cm³/mol. The van der Waals surface area contributed by atoms with E-state index in [0.717, 1.165) is 102 Å². The molecule has 0 saturated carbocycles. The van der Waals surface area contributed by atoms with Crippen molar-refractivity contribution in [1.29, 1.82) is 0 Å². The molecule has 2 unspecified atom stereocenters. The Balaban J connectivity index is 0.883. The van der Waals surface area contributed by atoms with Crippen LogP contribution in [-0.2, 0) is 0 Å². The van der Waals surface area contributed by atoms with Crippen molar-refractivity contribution in [2.45, 2.75) is 38.6 Å². The molecule has 0 radical (unpaired) electrons. The van der Waals surface area contributed by atoms with Crippen molar-refractivity contribution in [3.63, 3.8) is 0 Å². The lowest BCUT2D eigenvalue weighted by atomic mass is 9.88. The Morgan fingerprint density at radius 1 is 0.528 bits per heavy atom. The van der Waals surface area contributed by atoms with Crippen LogP contribution in [0.5, 0.6) is 0 Å². The predicted octanol–water partition coefficient (Wildman–Crippen LogP) is 17.6. The summed E-state index contributed by atoms with van der Waals surface area (Å²) < 4.78 is 13.7. The standard InChI is InChI=1S/C67H49N3O2/c1-41-42(2)65(47-28-26-45(27-29-47)43-16-6-3-7-17-43)69-67(68-64(41)46-20-10-5-11-21-46)50-31-34-55-54-33-30-49(37-62(54)71-63(55)38-50)56-39-51(40-58-53-23-13-15-25-61(53)72-66(56)58)70-59-24-14-12-22-52(59)57-36-48(32-35-60(57)70)44-18-8-4-9-19-44/h4-6,8-40,42,52,59H,3,7H2,1-2H3/t42-,52?,59?/m1/s1. The van der Waals surface area contributed by atoms with Crippen molar-refractivity contribution in [3.05, 3.63) is 252 Å². The van der Waals surface area contributed by atoms with Crippen molar-refractivity contribution in [1.82, 2.24) is 0 Å². The topological polar surface area (TPSA) is 54.2 Å². The summed E-state index contributed by atoms with van der Waals surface area (Å²) in [5.41, 5.74) is 20.1. The first kappa shape index (κ1) is 42.1. The van der Waals surface area contributed by atoms with Crippen LogP contribution >= 0.6 is 0 Å². The van der Waals surface area contributed by atoms with Gasteiger partial charge in [-0.1, -0.05) is 171 Å². The van der Waals surface area contributed by atoms with Crippen LogP contribution in [0.25, 0.3) is 77.4 Å². The fourth-order valence-electron chi connectivity index (χ4n) is 11.5. The number of furan rings is 2. The highest BCUT2D eigenvalue weighted by Crippen LogP contribution is 2.51. The van der Waals surface area contributed by atoms with Crippen LogP contribution in [-0.4, -0.2) is 17.6 Å². The van der Waals surface area contributed by atoms with E-state index < -0.39 is 0 Å². The zero-order chi connectivity index (χ0) is 47.9. The number of rotatable bonds is 7. The molecule has 5 nitrogen and oxygen atoms in total. The normalized spacial score (nSPS) is 18.4. The zero-order valence-electron chi connectivity index (χ0n) is 40.1. The van der Waals surface area contributed by atoms with E-state index >= 15 is 0 Å². The number of nitrogens with zero attached hydrogens (tertiary/aromatic N) is 3. The molecule has 0 amide bonds. The maximum atomic E-state index is 6.90. The Bertz CT molecular complexity index is 4060. The fourth-order valence-corrected chi connectivity index (χ4v) is 11.5. The lowest BCUT2D eigenvalue weighted by molar-refractivity contribution is 0.668. The van der Waals surface area contributed by atoms with E-state index in [2.05, 4.69) is 231 Å². The number of hydrogen-bond acceptors (Lipinski definition) is 5. The molecule has 5 heteroatoms. The van der Waals surface area contributed by atoms with Gasteiger partial charge in [0.2, 0.25) is 0 Å². The first-order chi connectivity index (χ1) is 35.5. The van der Waals surface area contributed by atoms with E-state index in [-0.39, 0.29) is 17.9 Å². The highest BCUT2D eigenvalue weighted by Gasteiger charge is 2.38. The molecule has 2 aromatic heterocycles. The summed E-state index contributed by atoms with van der Waals surface area (Å²) in [5, 5.41) is 4.27. The molecular weight excluding hydrogens is 879 g/mol. The van der Waals surface area contributed by atoms with Gasteiger partial charge in [-0.05, 0) is 119 Å². The maximum Gasteiger partial charge on any atom is 0.160 e. The lowest BCUT2D eigenvalue weighted by Gasteiger charge is -2.29. The van der Waals surface area contributed by atoms with Gasteiger partial charge in [0.15, 0.2) is 5.84 Å². The summed E-state index contributed by atoms with van der Waals surface area (Å²) >= 11 is 0. The number of benzene rings is 8. The molecule has 72 heavy (non-hydrogen) atoms. The second kappa shape index (κ2) is 17.0. The number of para-hydroxylation sites is 1. The Kier molecular flexibility index (Phi) is 9.92. The zero-order valence-corrected chi connectivity index (χ0v) is 40.1. The van der Waals surface area contributed by atoms with Gasteiger partial charge in [0, 0.05) is 61.4 Å². The number of aliphatic imine (C=N–C) groups is 2. The molecule has 14 rings (SSSR count). The smallest absolute Gasteiger partial charge is 0.160 e. The van der Waals surface area contributed by atoms with Gasteiger partial charge in [-0.25, -0.2) is 9.98 Å². The van der Waals surface area contributed by atoms with Gasteiger partial charge in [0.1, 0.15) is 22.3 Å². The summed E-state index contributed by atoms with van der Waals surface area (Å²) in [5.74, 6) is 0.900. The fraction of sp³-hybridized carbons (Fsp3) is 0.104. The van der Waals surface area contributed by atoms with Crippen LogP contribution in [0.3, 0.4) is 0 Å². The van der Waals surface area contributed by atoms with Crippen molar-refractivity contribution in [3.8, 4) is 22.3 Å². The van der Waals surface area contributed by atoms with Crippen LogP contribution in [0.2, 0.25) is 0 Å². The molecule has 0 saturated heterocycles. The average molecular weight is 928 g/mol. The van der Waals surface area contributed by atoms with Crippen molar-refractivity contribution in [2.75, 3.05) is 4.90 Å². The quantitative estimate of drug-likeness (QED) is 0.160. The van der Waals surface area contributed by atoms with Crippen LogP contribution in [0.1, 0.15) is 60.4 Å². The van der Waals surface area contributed by atoms with Crippen LogP contribution in [0, 0.1) is 5.92 Å². The number of allylic oxidation sites excluding steroid dienone is 7. The van der Waals surface area contributed by atoms with Gasteiger partial charge < -0.3 is 13.7 Å². The molecule has 2 aliphatic carbocycles. The third-order valence-corrected chi connectivity index (χ3v) is 15.4. The average Bonchev–Trinajstić information content (AvgIpc) is 4.09. The van der Waals surface area contributed by atoms with E-state index in [0.29, 0.717) is 5.84 Å². The monoisotopic (exact) mass is 927 g/mol. The molecule has 344 valence electrons. The number of hydrogen-bond donors (Lipinski definition) is 0. The maximum absolute atomic E-state index is 6.90. The van der Waals surface area contributed by atoms with Gasteiger partial charge >= 0.3 is 0 Å². The number of amidine groups is 1. The molecule has 8 aromatic carbocycles. The second-order valence-corrected chi connectivity index (χ2v) is 19.6. The van der Waals surface area contributed by atoms with Gasteiger partial charge in [-0.15, -0.1) is 0 Å². The molecule has 0 bridgehead atoms. The molecule has 0 N–H and O–H groups in total. The summed E-state index contributed by atoms with van der Waals surface area (Å²) in [6.07, 6.45) is 18.1. The summed E-state index contributed by atoms with van der Waals surface area (Å²) in [6.45, 7) is 4.44. The Hall–Kier alpha value is -8.80. The van der Waals surface area contributed by atoms with E-state index in [1.165, 1.54) is 39.1 Å². The van der Waals surface area contributed by atoms with Crippen molar-refractivity contribution < 1.29 is 8.83 Å². The molecule has 0 spiro atoms. The Labute approximate surface area is 418 Å². The summed E-state index contributed by atoms with van der Waals surface area (Å²) in [7, 11) is 0. The van der Waals surface area contributed by atoms with Gasteiger partial charge in [-0.3, -0.25) is 0 Å². The lowest BCUT2D eigenvalue weighted by Crippen LogP contribution is -2.28. The minimum atomic E-state index is 0.0243. The van der Waals surface area contributed by atoms with Gasteiger partial charge in [0.05, 0.1) is 17.5 Å². The Morgan fingerprint density at radius 2 is 1.21 bits per heavy atom. The van der Waals surface area contributed by atoms with Crippen LogP contribution in [0.15, 0.2) is 243 Å². The second-order valence-electron chi connectivity index (χ2n) is 19.6. The van der Waals surface area contributed by atoms with E-state index in [9.17, 15) is 0 Å². The van der Waals surface area contributed by atoms with Crippen LogP contribution in [0.4, 0.5) is 11.4 Å². The molecular formula is C67H49N3O2.